The van der Waals surface area contributed by atoms with E-state index in [-0.39, 0.29) is 5.82 Å². The molecule has 0 spiro atoms. The molecular formula is C24H25F. The van der Waals surface area contributed by atoms with Crippen LogP contribution in [0.15, 0.2) is 66.7 Å². The maximum atomic E-state index is 14.4. The van der Waals surface area contributed by atoms with Crippen molar-refractivity contribution in [2.24, 2.45) is 0 Å². The van der Waals surface area contributed by atoms with E-state index in [9.17, 15) is 4.39 Å². The second-order valence-corrected chi connectivity index (χ2v) is 6.75. The molecule has 1 heteroatoms. The molecule has 0 aromatic heterocycles. The minimum atomic E-state index is -0.127. The number of hydrogen-bond donors (Lipinski definition) is 0. The predicted molar refractivity (Wildman–Crippen MR) is 104 cm³/mol. The Morgan fingerprint density at radius 3 is 1.80 bits per heavy atom. The Labute approximate surface area is 150 Å². The standard InChI is InChI=1S/C24H25F/c1-3-4-21-13-16-23(24(25)17-21)22-14-11-20(12-15-22)10-9-19-7-5-18(2)6-8-19/h5-8,11-17H,3-4,9-10H2,1-2H3. The fourth-order valence-electron chi connectivity index (χ4n) is 3.13. The first-order valence-corrected chi connectivity index (χ1v) is 9.09. The summed E-state index contributed by atoms with van der Waals surface area (Å²) in [4.78, 5) is 0. The van der Waals surface area contributed by atoms with E-state index in [0.29, 0.717) is 5.56 Å². The third kappa shape index (κ3) is 4.57. The molecule has 0 saturated carbocycles. The van der Waals surface area contributed by atoms with E-state index in [1.54, 1.807) is 6.07 Å². The zero-order chi connectivity index (χ0) is 17.6. The van der Waals surface area contributed by atoms with Crippen molar-refractivity contribution in [1.82, 2.24) is 0 Å². The monoisotopic (exact) mass is 332 g/mol. The summed E-state index contributed by atoms with van der Waals surface area (Å²) in [5, 5.41) is 0. The van der Waals surface area contributed by atoms with Gasteiger partial charge in [0.25, 0.3) is 0 Å². The average molecular weight is 332 g/mol. The fourth-order valence-corrected chi connectivity index (χ4v) is 3.13. The summed E-state index contributed by atoms with van der Waals surface area (Å²) in [6, 6.07) is 22.6. The van der Waals surface area contributed by atoms with Crippen LogP contribution in [0, 0.1) is 12.7 Å². The van der Waals surface area contributed by atoms with Crippen LogP contribution in [0.2, 0.25) is 0 Å². The molecule has 0 aliphatic carbocycles. The molecule has 0 atom stereocenters. The zero-order valence-corrected chi connectivity index (χ0v) is 15.1. The molecule has 0 amide bonds. The minimum absolute atomic E-state index is 0.127. The van der Waals surface area contributed by atoms with Crippen LogP contribution >= 0.6 is 0 Å². The van der Waals surface area contributed by atoms with Crippen LogP contribution in [-0.2, 0) is 19.3 Å². The molecule has 3 rings (SSSR count). The van der Waals surface area contributed by atoms with E-state index < -0.39 is 0 Å². The molecule has 0 fully saturated rings. The van der Waals surface area contributed by atoms with Gasteiger partial charge in [-0.05, 0) is 54.5 Å². The summed E-state index contributed by atoms with van der Waals surface area (Å²) >= 11 is 0. The number of hydrogen-bond acceptors (Lipinski definition) is 0. The van der Waals surface area contributed by atoms with Gasteiger partial charge in [-0.15, -0.1) is 0 Å². The van der Waals surface area contributed by atoms with Gasteiger partial charge in [0.1, 0.15) is 5.82 Å². The summed E-state index contributed by atoms with van der Waals surface area (Å²) in [5.74, 6) is -0.127. The third-order valence-corrected chi connectivity index (χ3v) is 4.66. The maximum Gasteiger partial charge on any atom is 0.131 e. The first-order valence-electron chi connectivity index (χ1n) is 9.09. The lowest BCUT2D eigenvalue weighted by Crippen LogP contribution is -1.93. The van der Waals surface area contributed by atoms with Gasteiger partial charge in [0.2, 0.25) is 0 Å². The van der Waals surface area contributed by atoms with Crippen molar-refractivity contribution in [2.75, 3.05) is 0 Å². The van der Waals surface area contributed by atoms with E-state index in [1.165, 1.54) is 16.7 Å². The van der Waals surface area contributed by atoms with Crippen LogP contribution < -0.4 is 0 Å². The van der Waals surface area contributed by atoms with Gasteiger partial charge in [-0.2, -0.15) is 0 Å². The lowest BCUT2D eigenvalue weighted by molar-refractivity contribution is 0.628. The summed E-state index contributed by atoms with van der Waals surface area (Å²) < 4.78 is 14.4. The fraction of sp³-hybridized carbons (Fsp3) is 0.250. The van der Waals surface area contributed by atoms with Crippen LogP contribution in [0.5, 0.6) is 0 Å². The summed E-state index contributed by atoms with van der Waals surface area (Å²) in [7, 11) is 0. The summed E-state index contributed by atoms with van der Waals surface area (Å²) in [5.41, 5.74) is 6.63. The van der Waals surface area contributed by atoms with Gasteiger partial charge in [-0.1, -0.05) is 79.6 Å². The first-order chi connectivity index (χ1) is 12.2. The largest absolute Gasteiger partial charge is 0.206 e. The van der Waals surface area contributed by atoms with E-state index in [0.717, 1.165) is 36.8 Å². The number of rotatable bonds is 6. The van der Waals surface area contributed by atoms with Crippen molar-refractivity contribution in [3.8, 4) is 11.1 Å². The van der Waals surface area contributed by atoms with Crippen molar-refractivity contribution in [2.45, 2.75) is 39.5 Å². The van der Waals surface area contributed by atoms with Gasteiger partial charge in [-0.3, -0.25) is 0 Å². The highest BCUT2D eigenvalue weighted by Gasteiger charge is 2.06. The van der Waals surface area contributed by atoms with Gasteiger partial charge < -0.3 is 0 Å². The van der Waals surface area contributed by atoms with Crippen LogP contribution in [0.3, 0.4) is 0 Å². The lowest BCUT2D eigenvalue weighted by Gasteiger charge is -2.08. The molecule has 0 bridgehead atoms. The number of aryl methyl sites for hydroxylation is 4. The Hall–Kier alpha value is -2.41. The molecule has 0 aliphatic rings. The highest BCUT2D eigenvalue weighted by Crippen LogP contribution is 2.25. The van der Waals surface area contributed by atoms with E-state index in [1.807, 2.05) is 24.3 Å². The molecule has 0 saturated heterocycles. The first kappa shape index (κ1) is 17.4. The average Bonchev–Trinajstić information content (AvgIpc) is 2.62. The molecule has 0 heterocycles. The smallest absolute Gasteiger partial charge is 0.131 e. The van der Waals surface area contributed by atoms with Crippen molar-refractivity contribution in [1.29, 1.82) is 0 Å². The molecule has 0 aliphatic heterocycles. The van der Waals surface area contributed by atoms with Crippen LogP contribution in [0.1, 0.15) is 35.6 Å². The molecule has 0 unspecified atom stereocenters. The quantitative estimate of drug-likeness (QED) is 0.481. The number of benzene rings is 3. The predicted octanol–water partition coefficient (Wildman–Crippen LogP) is 6.54. The summed E-state index contributed by atoms with van der Waals surface area (Å²) in [6.45, 7) is 4.22. The second kappa shape index (κ2) is 8.11. The van der Waals surface area contributed by atoms with Gasteiger partial charge in [-0.25, -0.2) is 4.39 Å². The normalized spacial score (nSPS) is 10.8. The number of halogens is 1. The Morgan fingerprint density at radius 1 is 0.680 bits per heavy atom. The van der Waals surface area contributed by atoms with Gasteiger partial charge in [0, 0.05) is 5.56 Å². The van der Waals surface area contributed by atoms with Crippen LogP contribution in [0.4, 0.5) is 4.39 Å². The highest BCUT2D eigenvalue weighted by molar-refractivity contribution is 5.64. The topological polar surface area (TPSA) is 0 Å². The SMILES string of the molecule is CCCc1ccc(-c2ccc(CCc3ccc(C)cc3)cc2)c(F)c1. The van der Waals surface area contributed by atoms with E-state index >= 15 is 0 Å². The van der Waals surface area contributed by atoms with Gasteiger partial charge in [0.05, 0.1) is 0 Å². The Bertz CT molecular complexity index is 814. The van der Waals surface area contributed by atoms with Crippen molar-refractivity contribution in [3.63, 3.8) is 0 Å². The van der Waals surface area contributed by atoms with E-state index in [2.05, 4.69) is 50.2 Å². The van der Waals surface area contributed by atoms with Crippen molar-refractivity contribution >= 4 is 0 Å². The van der Waals surface area contributed by atoms with Crippen LogP contribution in [-0.4, -0.2) is 0 Å². The molecule has 0 nitrogen and oxygen atoms in total. The van der Waals surface area contributed by atoms with Gasteiger partial charge >= 0.3 is 0 Å². The molecule has 0 radical (unpaired) electrons. The van der Waals surface area contributed by atoms with E-state index in [4.69, 9.17) is 0 Å². The Balaban J connectivity index is 1.68. The second-order valence-electron chi connectivity index (χ2n) is 6.75. The molecule has 3 aromatic carbocycles. The highest BCUT2D eigenvalue weighted by atomic mass is 19.1. The third-order valence-electron chi connectivity index (χ3n) is 4.66. The summed E-state index contributed by atoms with van der Waals surface area (Å²) in [6.07, 6.45) is 3.99. The minimum Gasteiger partial charge on any atom is -0.206 e. The van der Waals surface area contributed by atoms with Crippen molar-refractivity contribution < 1.29 is 4.39 Å². The Morgan fingerprint density at radius 2 is 1.24 bits per heavy atom. The lowest BCUT2D eigenvalue weighted by atomic mass is 9.98. The van der Waals surface area contributed by atoms with Crippen molar-refractivity contribution in [3.05, 3.63) is 94.8 Å². The molecule has 3 aromatic rings. The molecular weight excluding hydrogens is 307 g/mol. The maximum absolute atomic E-state index is 14.4. The Kier molecular flexibility index (Phi) is 5.65. The van der Waals surface area contributed by atoms with Gasteiger partial charge in [0.15, 0.2) is 0 Å². The molecule has 0 N–H and O–H groups in total. The zero-order valence-electron chi connectivity index (χ0n) is 15.1. The molecule has 128 valence electrons. The van der Waals surface area contributed by atoms with Crippen LogP contribution in [0.25, 0.3) is 11.1 Å². The molecule has 25 heavy (non-hydrogen) atoms.